The molecule has 3 N–H and O–H groups in total. The van der Waals surface area contributed by atoms with Crippen LogP contribution in [0.2, 0.25) is 0 Å². The summed E-state index contributed by atoms with van der Waals surface area (Å²) in [7, 11) is 0. The highest BCUT2D eigenvalue weighted by Gasteiger charge is 2.16. The molecular formula is C12H11F2IN4O. The van der Waals surface area contributed by atoms with Crippen LogP contribution in [-0.4, -0.2) is 28.2 Å². The van der Waals surface area contributed by atoms with Gasteiger partial charge in [-0.2, -0.15) is 4.98 Å². The maximum atomic E-state index is 13.9. The van der Waals surface area contributed by atoms with E-state index in [2.05, 4.69) is 9.97 Å². The zero-order chi connectivity index (χ0) is 14.7. The number of aliphatic hydroxyl groups excluding tert-OH is 1. The highest BCUT2D eigenvalue weighted by atomic mass is 127. The van der Waals surface area contributed by atoms with Gasteiger partial charge in [0.2, 0.25) is 5.95 Å². The first-order valence-corrected chi connectivity index (χ1v) is 6.72. The van der Waals surface area contributed by atoms with Crippen LogP contribution in [0.4, 0.5) is 26.2 Å². The molecular weight excluding hydrogens is 381 g/mol. The molecule has 2 aromatic rings. The molecule has 1 aromatic heterocycles. The summed E-state index contributed by atoms with van der Waals surface area (Å²) < 4.78 is 27.4. The van der Waals surface area contributed by atoms with Crippen LogP contribution in [0, 0.1) is 15.3 Å². The van der Waals surface area contributed by atoms with Crippen molar-refractivity contribution in [1.82, 2.24) is 9.97 Å². The molecule has 106 valence electrons. The number of nitrogens with zero attached hydrogens (tertiary/aromatic N) is 3. The summed E-state index contributed by atoms with van der Waals surface area (Å²) in [4.78, 5) is 9.34. The largest absolute Gasteiger partial charge is 0.395 e. The normalized spacial score (nSPS) is 10.6. The topological polar surface area (TPSA) is 75.3 Å². The van der Waals surface area contributed by atoms with Gasteiger partial charge in [-0.15, -0.1) is 0 Å². The van der Waals surface area contributed by atoms with Crippen LogP contribution in [-0.2, 0) is 0 Å². The Morgan fingerprint density at radius 3 is 2.60 bits per heavy atom. The van der Waals surface area contributed by atoms with Crippen molar-refractivity contribution < 1.29 is 13.9 Å². The standard InChI is InChI=1S/C12H11F2IN4O/c13-7-1-2-9(8(14)5-7)19(3-4-20)11-6-10(15)17-12(16)18-11/h1-2,5-6,20H,3-4H2,(H2,16,17,18). The van der Waals surface area contributed by atoms with Crippen LogP contribution in [0.15, 0.2) is 24.3 Å². The fraction of sp³-hybridized carbons (Fsp3) is 0.167. The summed E-state index contributed by atoms with van der Waals surface area (Å²) in [6, 6.07) is 4.79. The van der Waals surface area contributed by atoms with Crippen LogP contribution in [0.1, 0.15) is 0 Å². The second-order valence-corrected chi connectivity index (χ2v) is 4.98. The molecule has 2 rings (SSSR count). The highest BCUT2D eigenvalue weighted by molar-refractivity contribution is 14.1. The van der Waals surface area contributed by atoms with E-state index in [0.29, 0.717) is 9.52 Å². The van der Waals surface area contributed by atoms with Gasteiger partial charge in [0.25, 0.3) is 0 Å². The number of benzene rings is 1. The van der Waals surface area contributed by atoms with Crippen molar-refractivity contribution in [2.75, 3.05) is 23.8 Å². The van der Waals surface area contributed by atoms with E-state index < -0.39 is 11.6 Å². The molecule has 0 aliphatic rings. The Bertz CT molecular complexity index is 606. The van der Waals surface area contributed by atoms with E-state index in [0.717, 1.165) is 12.1 Å². The van der Waals surface area contributed by atoms with E-state index in [1.54, 1.807) is 6.07 Å². The Balaban J connectivity index is 2.49. The molecule has 0 aliphatic carbocycles. The maximum Gasteiger partial charge on any atom is 0.222 e. The summed E-state index contributed by atoms with van der Waals surface area (Å²) >= 11 is 1.95. The van der Waals surface area contributed by atoms with Gasteiger partial charge < -0.3 is 15.7 Å². The third-order valence-corrected chi connectivity index (χ3v) is 3.05. The molecule has 0 aliphatic heterocycles. The van der Waals surface area contributed by atoms with Crippen molar-refractivity contribution >= 4 is 40.0 Å². The molecule has 0 amide bonds. The lowest BCUT2D eigenvalue weighted by Gasteiger charge is -2.23. The molecule has 0 radical (unpaired) electrons. The number of nitrogen functional groups attached to an aromatic ring is 1. The van der Waals surface area contributed by atoms with E-state index in [-0.39, 0.29) is 24.8 Å². The quantitative estimate of drug-likeness (QED) is 0.616. The van der Waals surface area contributed by atoms with Crippen molar-refractivity contribution in [1.29, 1.82) is 0 Å². The number of halogens is 3. The summed E-state index contributed by atoms with van der Waals surface area (Å²) in [5.41, 5.74) is 5.67. The summed E-state index contributed by atoms with van der Waals surface area (Å²) in [5.74, 6) is -1.04. The van der Waals surface area contributed by atoms with Crippen LogP contribution < -0.4 is 10.6 Å². The average Bonchev–Trinajstić information content (AvgIpc) is 2.35. The molecule has 5 nitrogen and oxygen atoms in total. The first-order chi connectivity index (χ1) is 9.51. The first kappa shape index (κ1) is 14.9. The molecule has 0 unspecified atom stereocenters. The van der Waals surface area contributed by atoms with E-state index in [1.807, 2.05) is 22.6 Å². The monoisotopic (exact) mass is 392 g/mol. The molecule has 0 saturated heterocycles. The van der Waals surface area contributed by atoms with Gasteiger partial charge in [0, 0.05) is 18.7 Å². The van der Waals surface area contributed by atoms with Gasteiger partial charge in [0.1, 0.15) is 21.2 Å². The van der Waals surface area contributed by atoms with Gasteiger partial charge >= 0.3 is 0 Å². The Labute approximate surface area is 127 Å². The zero-order valence-corrected chi connectivity index (χ0v) is 12.4. The van der Waals surface area contributed by atoms with Gasteiger partial charge in [-0.3, -0.25) is 0 Å². The Morgan fingerprint density at radius 2 is 2.00 bits per heavy atom. The van der Waals surface area contributed by atoms with Crippen molar-refractivity contribution in [3.63, 3.8) is 0 Å². The summed E-state index contributed by atoms with van der Waals surface area (Å²) in [5, 5.41) is 9.13. The van der Waals surface area contributed by atoms with Crippen LogP contribution in [0.5, 0.6) is 0 Å². The average molecular weight is 392 g/mol. The van der Waals surface area contributed by atoms with Gasteiger partial charge in [-0.25, -0.2) is 13.8 Å². The van der Waals surface area contributed by atoms with Crippen LogP contribution >= 0.6 is 22.6 Å². The van der Waals surface area contributed by atoms with E-state index in [9.17, 15) is 8.78 Å². The van der Waals surface area contributed by atoms with Gasteiger partial charge in [0.05, 0.1) is 12.3 Å². The van der Waals surface area contributed by atoms with Crippen molar-refractivity contribution in [2.24, 2.45) is 0 Å². The number of hydrogen-bond donors (Lipinski definition) is 2. The molecule has 1 heterocycles. The summed E-state index contributed by atoms with van der Waals surface area (Å²) in [6.45, 7) is -0.133. The minimum atomic E-state index is -0.745. The van der Waals surface area contributed by atoms with Crippen molar-refractivity contribution in [3.8, 4) is 0 Å². The molecule has 0 bridgehead atoms. The lowest BCUT2D eigenvalue weighted by molar-refractivity contribution is 0.305. The van der Waals surface area contributed by atoms with Crippen molar-refractivity contribution in [3.05, 3.63) is 39.6 Å². The number of hydrogen-bond acceptors (Lipinski definition) is 5. The first-order valence-electron chi connectivity index (χ1n) is 5.65. The fourth-order valence-corrected chi connectivity index (χ4v) is 2.25. The molecule has 0 fully saturated rings. The highest BCUT2D eigenvalue weighted by Crippen LogP contribution is 2.27. The Kier molecular flexibility index (Phi) is 4.65. The molecule has 0 saturated carbocycles. The number of anilines is 3. The second kappa shape index (κ2) is 6.27. The van der Waals surface area contributed by atoms with Crippen LogP contribution in [0.3, 0.4) is 0 Å². The predicted molar refractivity (Wildman–Crippen MR) is 79.6 cm³/mol. The molecule has 0 spiro atoms. The SMILES string of the molecule is Nc1nc(I)cc(N(CCO)c2ccc(F)cc2F)n1. The Morgan fingerprint density at radius 1 is 1.25 bits per heavy atom. The van der Waals surface area contributed by atoms with E-state index in [1.165, 1.54) is 11.0 Å². The van der Waals surface area contributed by atoms with Crippen molar-refractivity contribution in [2.45, 2.75) is 0 Å². The molecule has 0 atom stereocenters. The fourth-order valence-electron chi connectivity index (χ4n) is 1.72. The van der Waals surface area contributed by atoms with Gasteiger partial charge in [-0.1, -0.05) is 0 Å². The minimum absolute atomic E-state index is 0.0392. The lowest BCUT2D eigenvalue weighted by atomic mass is 10.2. The maximum absolute atomic E-state index is 13.9. The number of aliphatic hydroxyl groups is 1. The smallest absolute Gasteiger partial charge is 0.222 e. The molecule has 8 heteroatoms. The second-order valence-electron chi connectivity index (χ2n) is 3.88. The number of rotatable bonds is 4. The Hall–Kier alpha value is -1.55. The molecule has 1 aromatic carbocycles. The summed E-state index contributed by atoms with van der Waals surface area (Å²) in [6.07, 6.45) is 0. The number of aromatic nitrogens is 2. The third-order valence-electron chi connectivity index (χ3n) is 2.50. The third kappa shape index (κ3) is 3.31. The zero-order valence-electron chi connectivity index (χ0n) is 10.2. The lowest BCUT2D eigenvalue weighted by Crippen LogP contribution is -2.24. The predicted octanol–water partition coefficient (Wildman–Crippen LogP) is 2.07. The van der Waals surface area contributed by atoms with E-state index in [4.69, 9.17) is 10.8 Å². The van der Waals surface area contributed by atoms with Crippen LogP contribution in [0.25, 0.3) is 0 Å². The van der Waals surface area contributed by atoms with Gasteiger partial charge in [-0.05, 0) is 34.7 Å². The van der Waals surface area contributed by atoms with Gasteiger partial charge in [0.15, 0.2) is 0 Å². The number of nitrogens with two attached hydrogens (primary N) is 1. The molecule has 20 heavy (non-hydrogen) atoms. The minimum Gasteiger partial charge on any atom is -0.395 e. The van der Waals surface area contributed by atoms with E-state index >= 15 is 0 Å².